The highest BCUT2D eigenvalue weighted by Gasteiger charge is 2.18. The number of hydrogen-bond donors (Lipinski definition) is 0. The first-order chi connectivity index (χ1) is 23.3. The van der Waals surface area contributed by atoms with E-state index in [4.69, 9.17) is 9.97 Å². The van der Waals surface area contributed by atoms with Crippen LogP contribution in [-0.2, 0) is 11.5 Å². The summed E-state index contributed by atoms with van der Waals surface area (Å²) < 4.78 is 3.55. The van der Waals surface area contributed by atoms with Crippen LogP contribution in [0.15, 0.2) is 129 Å². The summed E-state index contributed by atoms with van der Waals surface area (Å²) in [6, 6.07) is 35.7. The highest BCUT2D eigenvalue weighted by Crippen LogP contribution is 2.30. The van der Waals surface area contributed by atoms with Gasteiger partial charge in [0.2, 0.25) is 0 Å². The van der Waals surface area contributed by atoms with E-state index in [9.17, 15) is 9.59 Å². The second-order valence-electron chi connectivity index (χ2n) is 12.0. The molecule has 7 rings (SSSR count). The van der Waals surface area contributed by atoms with Crippen LogP contribution in [0, 0.1) is 27.7 Å². The molecule has 7 aromatic rings. The minimum Gasteiger partial charge on any atom is -0.268 e. The average molecular weight is 667 g/mol. The van der Waals surface area contributed by atoms with E-state index in [0.717, 1.165) is 44.8 Å². The molecule has 0 spiro atoms. The number of thioether (sulfide) groups is 2. The summed E-state index contributed by atoms with van der Waals surface area (Å²) in [5, 5.41) is 2.55. The van der Waals surface area contributed by atoms with Crippen molar-refractivity contribution in [3.63, 3.8) is 0 Å². The van der Waals surface area contributed by atoms with Gasteiger partial charge < -0.3 is 0 Å². The fourth-order valence-corrected chi connectivity index (χ4v) is 8.07. The van der Waals surface area contributed by atoms with E-state index in [1.807, 2.05) is 113 Å². The van der Waals surface area contributed by atoms with Crippen molar-refractivity contribution in [3.8, 4) is 11.4 Å². The van der Waals surface area contributed by atoms with Crippen LogP contribution in [0.5, 0.6) is 0 Å². The third-order valence-corrected chi connectivity index (χ3v) is 10.6. The van der Waals surface area contributed by atoms with Crippen LogP contribution >= 0.6 is 23.5 Å². The number of rotatable bonds is 8. The normalized spacial score (nSPS) is 11.4. The predicted molar refractivity (Wildman–Crippen MR) is 199 cm³/mol. The number of fused-ring (bicyclic) bond motifs is 2. The van der Waals surface area contributed by atoms with Gasteiger partial charge in [0.05, 0.1) is 33.2 Å². The zero-order valence-electron chi connectivity index (χ0n) is 27.2. The van der Waals surface area contributed by atoms with Gasteiger partial charge in [0, 0.05) is 11.5 Å². The van der Waals surface area contributed by atoms with Gasteiger partial charge in [-0.05, 0) is 85.3 Å². The number of aryl methyl sites for hydroxylation is 4. The standard InChI is InChI=1S/C40H34N4O2S2/c1-25-11-9-12-26(2)35(25)43-37(45)31-15-5-7-17-33(31)41-39(43)47-23-29-19-21-30(22-20-29)24-48-40-42-34-18-8-6-16-32(34)38(46)44(40)36-27(3)13-10-14-28(36)4/h5-22H,23-24H2,1-4H3. The van der Waals surface area contributed by atoms with Crippen molar-refractivity contribution < 1.29 is 0 Å². The topological polar surface area (TPSA) is 69.8 Å². The van der Waals surface area contributed by atoms with Gasteiger partial charge in [-0.15, -0.1) is 0 Å². The Morgan fingerprint density at radius 2 is 0.833 bits per heavy atom. The van der Waals surface area contributed by atoms with Crippen molar-refractivity contribution in [1.29, 1.82) is 0 Å². The fourth-order valence-electron chi connectivity index (χ4n) is 6.16. The van der Waals surface area contributed by atoms with E-state index in [0.29, 0.717) is 43.6 Å². The Balaban J connectivity index is 1.16. The molecule has 0 unspecified atom stereocenters. The third-order valence-electron chi connectivity index (χ3n) is 8.57. The average Bonchev–Trinajstić information content (AvgIpc) is 3.09. The van der Waals surface area contributed by atoms with Crippen LogP contribution < -0.4 is 11.1 Å². The smallest absolute Gasteiger partial charge is 0.266 e. The molecule has 0 fully saturated rings. The SMILES string of the molecule is Cc1cccc(C)c1-n1c(SCc2ccc(CSc3nc4ccccc4c(=O)n3-c3c(C)cccc3C)cc2)nc2ccccc2c1=O. The maximum absolute atomic E-state index is 13.8. The lowest BCUT2D eigenvalue weighted by molar-refractivity contribution is 0.808. The van der Waals surface area contributed by atoms with Gasteiger partial charge >= 0.3 is 0 Å². The Kier molecular flexibility index (Phi) is 8.77. The maximum atomic E-state index is 13.8. The lowest BCUT2D eigenvalue weighted by Crippen LogP contribution is -2.23. The summed E-state index contributed by atoms with van der Waals surface area (Å²) >= 11 is 3.12. The Morgan fingerprint density at radius 3 is 1.21 bits per heavy atom. The van der Waals surface area contributed by atoms with E-state index in [1.165, 1.54) is 0 Å². The number of hydrogen-bond acceptors (Lipinski definition) is 6. The molecule has 238 valence electrons. The Labute approximate surface area is 287 Å². The summed E-state index contributed by atoms with van der Waals surface area (Å²) in [7, 11) is 0. The summed E-state index contributed by atoms with van der Waals surface area (Å²) in [5.74, 6) is 1.31. The highest BCUT2D eigenvalue weighted by molar-refractivity contribution is 7.98. The van der Waals surface area contributed by atoms with Crippen molar-refractivity contribution in [2.75, 3.05) is 0 Å². The molecule has 0 aliphatic carbocycles. The molecule has 2 heterocycles. The van der Waals surface area contributed by atoms with Gasteiger partial charge in [0.15, 0.2) is 10.3 Å². The Hall–Kier alpha value is -4.92. The Bertz CT molecular complexity index is 2240. The molecule has 2 aromatic heterocycles. The minimum atomic E-state index is -0.0606. The van der Waals surface area contributed by atoms with E-state index in [-0.39, 0.29) is 11.1 Å². The highest BCUT2D eigenvalue weighted by atomic mass is 32.2. The van der Waals surface area contributed by atoms with Crippen LogP contribution in [0.2, 0.25) is 0 Å². The van der Waals surface area contributed by atoms with Crippen molar-refractivity contribution in [1.82, 2.24) is 19.1 Å². The Morgan fingerprint density at radius 1 is 0.479 bits per heavy atom. The zero-order chi connectivity index (χ0) is 33.4. The van der Waals surface area contributed by atoms with Crippen LogP contribution in [0.25, 0.3) is 33.2 Å². The van der Waals surface area contributed by atoms with Crippen LogP contribution in [-0.4, -0.2) is 19.1 Å². The fraction of sp³-hybridized carbons (Fsp3) is 0.150. The van der Waals surface area contributed by atoms with Crippen molar-refractivity contribution in [2.45, 2.75) is 49.5 Å². The molecule has 0 saturated carbocycles. The first-order valence-corrected chi connectivity index (χ1v) is 17.8. The molecular weight excluding hydrogens is 633 g/mol. The van der Waals surface area contributed by atoms with Crippen molar-refractivity contribution >= 4 is 45.3 Å². The lowest BCUT2D eigenvalue weighted by atomic mass is 10.1. The van der Waals surface area contributed by atoms with Gasteiger partial charge in [0.1, 0.15) is 0 Å². The van der Waals surface area contributed by atoms with E-state index in [2.05, 4.69) is 24.3 Å². The molecule has 0 radical (unpaired) electrons. The predicted octanol–water partition coefficient (Wildman–Crippen LogP) is 8.90. The van der Waals surface area contributed by atoms with E-state index >= 15 is 0 Å². The molecule has 48 heavy (non-hydrogen) atoms. The van der Waals surface area contributed by atoms with Crippen LogP contribution in [0.3, 0.4) is 0 Å². The summed E-state index contributed by atoms with van der Waals surface area (Å²) in [6.07, 6.45) is 0. The number of nitrogens with zero attached hydrogens (tertiary/aromatic N) is 4. The first kappa shape index (κ1) is 31.7. The summed E-state index contributed by atoms with van der Waals surface area (Å²) in [4.78, 5) is 37.6. The molecule has 0 amide bonds. The lowest BCUT2D eigenvalue weighted by Gasteiger charge is -2.17. The molecule has 0 bridgehead atoms. The zero-order valence-corrected chi connectivity index (χ0v) is 28.9. The second kappa shape index (κ2) is 13.3. The minimum absolute atomic E-state index is 0.0606. The van der Waals surface area contributed by atoms with Gasteiger partial charge in [0.25, 0.3) is 11.1 Å². The quantitative estimate of drug-likeness (QED) is 0.119. The third kappa shape index (κ3) is 5.98. The number of benzene rings is 5. The van der Waals surface area contributed by atoms with Gasteiger partial charge in [-0.1, -0.05) is 108 Å². The first-order valence-electron chi connectivity index (χ1n) is 15.8. The van der Waals surface area contributed by atoms with Gasteiger partial charge in [-0.3, -0.25) is 18.7 Å². The molecule has 0 aliphatic heterocycles. The largest absolute Gasteiger partial charge is 0.268 e. The van der Waals surface area contributed by atoms with Crippen LogP contribution in [0.1, 0.15) is 33.4 Å². The maximum Gasteiger partial charge on any atom is 0.266 e. The van der Waals surface area contributed by atoms with E-state index in [1.54, 1.807) is 32.7 Å². The van der Waals surface area contributed by atoms with Crippen LogP contribution in [0.4, 0.5) is 0 Å². The van der Waals surface area contributed by atoms with Crippen molar-refractivity contribution in [3.05, 3.63) is 163 Å². The molecular formula is C40H34N4O2S2. The molecule has 5 aromatic carbocycles. The second-order valence-corrected chi connectivity index (χ2v) is 13.9. The molecule has 0 saturated heterocycles. The molecule has 8 heteroatoms. The number of para-hydroxylation sites is 4. The van der Waals surface area contributed by atoms with Gasteiger partial charge in [-0.2, -0.15) is 0 Å². The van der Waals surface area contributed by atoms with Gasteiger partial charge in [-0.25, -0.2) is 9.97 Å². The molecule has 6 nitrogen and oxygen atoms in total. The van der Waals surface area contributed by atoms with Crippen molar-refractivity contribution in [2.24, 2.45) is 0 Å². The number of aromatic nitrogens is 4. The molecule has 0 aliphatic rings. The monoisotopic (exact) mass is 666 g/mol. The summed E-state index contributed by atoms with van der Waals surface area (Å²) in [5.41, 5.74) is 9.41. The molecule has 0 N–H and O–H groups in total. The summed E-state index contributed by atoms with van der Waals surface area (Å²) in [6.45, 7) is 8.13. The molecule has 0 atom stereocenters. The van der Waals surface area contributed by atoms with E-state index < -0.39 is 0 Å².